The van der Waals surface area contributed by atoms with Crippen LogP contribution in [0.25, 0.3) is 0 Å². The summed E-state index contributed by atoms with van der Waals surface area (Å²) in [4.78, 5) is 13.9. The number of rotatable bonds is 4. The number of hydrogen-bond acceptors (Lipinski definition) is 4. The van der Waals surface area contributed by atoms with E-state index in [1.807, 2.05) is 0 Å². The van der Waals surface area contributed by atoms with Gasteiger partial charge < -0.3 is 9.64 Å². The van der Waals surface area contributed by atoms with E-state index in [0.717, 1.165) is 12.8 Å². The maximum absolute atomic E-state index is 13.2. The van der Waals surface area contributed by atoms with Gasteiger partial charge in [-0.05, 0) is 25.0 Å². The molecule has 1 aliphatic carbocycles. The molecule has 1 heterocycles. The first-order valence-corrected chi connectivity index (χ1v) is 9.63. The number of hydrogen-bond donors (Lipinski definition) is 0. The summed E-state index contributed by atoms with van der Waals surface area (Å²) in [7, 11) is -3.22. The van der Waals surface area contributed by atoms with Gasteiger partial charge in [-0.2, -0.15) is 0 Å². The van der Waals surface area contributed by atoms with Gasteiger partial charge in [0, 0.05) is 12.5 Å². The lowest BCUT2D eigenvalue weighted by Crippen LogP contribution is -2.39. The summed E-state index contributed by atoms with van der Waals surface area (Å²) in [6.07, 6.45) is 3.25. The SMILES string of the molecule is O=C(CCS(=O)(=O)C1CCCC1)N1CCOc2cc(F)ccc21. The number of ether oxygens (including phenoxy) is 1. The van der Waals surface area contributed by atoms with Crippen LogP contribution in [0.5, 0.6) is 5.75 Å². The van der Waals surface area contributed by atoms with E-state index in [0.29, 0.717) is 30.8 Å². The normalized spacial score (nSPS) is 18.6. The first-order valence-electron chi connectivity index (χ1n) is 7.92. The second-order valence-electron chi connectivity index (χ2n) is 6.03. The van der Waals surface area contributed by atoms with Gasteiger partial charge in [-0.25, -0.2) is 12.8 Å². The molecule has 0 unspecified atom stereocenters. The minimum atomic E-state index is -3.22. The molecule has 3 rings (SSSR count). The number of sulfone groups is 1. The Hall–Kier alpha value is -1.63. The summed E-state index contributed by atoms with van der Waals surface area (Å²) in [5.41, 5.74) is 0.501. The van der Waals surface area contributed by atoms with Crippen LogP contribution in [-0.4, -0.2) is 38.5 Å². The van der Waals surface area contributed by atoms with E-state index in [9.17, 15) is 17.6 Å². The minimum Gasteiger partial charge on any atom is -0.489 e. The maximum atomic E-state index is 13.2. The Balaban J connectivity index is 1.68. The molecule has 1 aromatic rings. The Morgan fingerprint density at radius 3 is 2.78 bits per heavy atom. The van der Waals surface area contributed by atoms with E-state index in [1.54, 1.807) is 0 Å². The van der Waals surface area contributed by atoms with Gasteiger partial charge in [-0.1, -0.05) is 12.8 Å². The molecule has 0 bridgehead atoms. The third-order valence-corrected chi connectivity index (χ3v) is 6.76. The Labute approximate surface area is 135 Å². The van der Waals surface area contributed by atoms with Gasteiger partial charge in [-0.15, -0.1) is 0 Å². The molecule has 1 saturated carbocycles. The Kier molecular flexibility index (Phi) is 4.57. The molecule has 1 fully saturated rings. The smallest absolute Gasteiger partial charge is 0.228 e. The average Bonchev–Trinajstić information content (AvgIpc) is 3.07. The van der Waals surface area contributed by atoms with Gasteiger partial charge in [-0.3, -0.25) is 4.79 Å². The van der Waals surface area contributed by atoms with Crippen molar-refractivity contribution in [2.24, 2.45) is 0 Å². The lowest BCUT2D eigenvalue weighted by molar-refractivity contribution is -0.118. The van der Waals surface area contributed by atoms with E-state index >= 15 is 0 Å². The van der Waals surface area contributed by atoms with E-state index in [-0.39, 0.29) is 29.9 Å². The Bertz CT molecular complexity index is 698. The molecule has 0 spiro atoms. The summed E-state index contributed by atoms with van der Waals surface area (Å²) in [6.45, 7) is 0.624. The predicted octanol–water partition coefficient (Wildman–Crippen LogP) is 2.30. The van der Waals surface area contributed by atoms with Crippen molar-refractivity contribution in [1.29, 1.82) is 0 Å². The van der Waals surface area contributed by atoms with Gasteiger partial charge in [0.25, 0.3) is 0 Å². The third kappa shape index (κ3) is 3.49. The Morgan fingerprint density at radius 2 is 2.04 bits per heavy atom. The van der Waals surface area contributed by atoms with Gasteiger partial charge in [0.2, 0.25) is 5.91 Å². The number of carbonyl (C=O) groups is 1. The van der Waals surface area contributed by atoms with Crippen LogP contribution in [0, 0.1) is 5.82 Å². The van der Waals surface area contributed by atoms with Crippen molar-refractivity contribution in [3.05, 3.63) is 24.0 Å². The van der Waals surface area contributed by atoms with Crippen molar-refractivity contribution in [2.75, 3.05) is 23.8 Å². The molecule has 126 valence electrons. The largest absolute Gasteiger partial charge is 0.489 e. The fraction of sp³-hybridized carbons (Fsp3) is 0.562. The molecule has 7 heteroatoms. The fourth-order valence-corrected chi connectivity index (χ4v) is 5.08. The van der Waals surface area contributed by atoms with Crippen LogP contribution >= 0.6 is 0 Å². The standard InChI is InChI=1S/C16H20FNO4S/c17-12-5-6-14-15(11-12)22-9-8-18(14)16(19)7-10-23(20,21)13-3-1-2-4-13/h5-6,11,13H,1-4,7-10H2. The van der Waals surface area contributed by atoms with Gasteiger partial charge in [0.15, 0.2) is 9.84 Å². The molecule has 0 atom stereocenters. The maximum Gasteiger partial charge on any atom is 0.228 e. The zero-order valence-corrected chi connectivity index (χ0v) is 13.6. The number of amides is 1. The predicted molar refractivity (Wildman–Crippen MR) is 84.9 cm³/mol. The highest BCUT2D eigenvalue weighted by Gasteiger charge is 2.30. The highest BCUT2D eigenvalue weighted by molar-refractivity contribution is 7.92. The molecule has 0 radical (unpaired) electrons. The van der Waals surface area contributed by atoms with Crippen molar-refractivity contribution < 1.29 is 22.3 Å². The molecule has 1 amide bonds. The van der Waals surface area contributed by atoms with E-state index in [4.69, 9.17) is 4.74 Å². The first kappa shape index (κ1) is 16.2. The zero-order chi connectivity index (χ0) is 16.4. The van der Waals surface area contributed by atoms with Gasteiger partial charge >= 0.3 is 0 Å². The van der Waals surface area contributed by atoms with E-state index < -0.39 is 15.7 Å². The lowest BCUT2D eigenvalue weighted by atomic mass is 10.2. The summed E-state index contributed by atoms with van der Waals surface area (Å²) in [6, 6.07) is 4.00. The van der Waals surface area contributed by atoms with Crippen molar-refractivity contribution in [3.8, 4) is 5.75 Å². The number of nitrogens with zero attached hydrogens (tertiary/aromatic N) is 1. The number of halogens is 1. The number of carbonyl (C=O) groups excluding carboxylic acids is 1. The Morgan fingerprint density at radius 1 is 1.30 bits per heavy atom. The van der Waals surface area contributed by atoms with Gasteiger partial charge in [0.05, 0.1) is 23.2 Å². The number of anilines is 1. The lowest BCUT2D eigenvalue weighted by Gasteiger charge is -2.29. The quantitative estimate of drug-likeness (QED) is 0.843. The second-order valence-corrected chi connectivity index (χ2v) is 8.43. The van der Waals surface area contributed by atoms with Crippen LogP contribution < -0.4 is 9.64 Å². The van der Waals surface area contributed by atoms with Crippen LogP contribution in [0.2, 0.25) is 0 Å². The minimum absolute atomic E-state index is 0.0460. The van der Waals surface area contributed by atoms with Crippen LogP contribution in [0.4, 0.5) is 10.1 Å². The molecule has 1 aromatic carbocycles. The average molecular weight is 341 g/mol. The van der Waals surface area contributed by atoms with Crippen LogP contribution in [0.1, 0.15) is 32.1 Å². The first-order chi connectivity index (χ1) is 11.0. The third-order valence-electron chi connectivity index (χ3n) is 4.50. The summed E-state index contributed by atoms with van der Waals surface area (Å²) < 4.78 is 43.1. The number of benzene rings is 1. The molecule has 5 nitrogen and oxygen atoms in total. The van der Waals surface area contributed by atoms with Crippen LogP contribution in [-0.2, 0) is 14.6 Å². The zero-order valence-electron chi connectivity index (χ0n) is 12.8. The molecule has 0 aromatic heterocycles. The van der Waals surface area contributed by atoms with Gasteiger partial charge in [0.1, 0.15) is 18.2 Å². The fourth-order valence-electron chi connectivity index (χ4n) is 3.23. The van der Waals surface area contributed by atoms with Crippen LogP contribution in [0.15, 0.2) is 18.2 Å². The summed E-state index contributed by atoms with van der Waals surface area (Å²) in [5, 5.41) is -0.290. The monoisotopic (exact) mass is 341 g/mol. The van der Waals surface area contributed by atoms with E-state index in [1.165, 1.54) is 23.1 Å². The van der Waals surface area contributed by atoms with Crippen molar-refractivity contribution in [2.45, 2.75) is 37.4 Å². The molecule has 0 N–H and O–H groups in total. The highest BCUT2D eigenvalue weighted by atomic mass is 32.2. The highest BCUT2D eigenvalue weighted by Crippen LogP contribution is 2.33. The molecular weight excluding hydrogens is 321 g/mol. The molecule has 23 heavy (non-hydrogen) atoms. The number of fused-ring (bicyclic) bond motifs is 1. The topological polar surface area (TPSA) is 63.7 Å². The molecule has 0 saturated heterocycles. The molecule has 1 aliphatic heterocycles. The van der Waals surface area contributed by atoms with Crippen molar-refractivity contribution in [1.82, 2.24) is 0 Å². The van der Waals surface area contributed by atoms with Crippen molar-refractivity contribution >= 4 is 21.4 Å². The summed E-state index contributed by atoms with van der Waals surface area (Å²) >= 11 is 0. The summed E-state index contributed by atoms with van der Waals surface area (Å²) in [5.74, 6) is -0.488. The molecular formula is C16H20FNO4S. The van der Waals surface area contributed by atoms with E-state index in [2.05, 4.69) is 0 Å². The van der Waals surface area contributed by atoms with Crippen molar-refractivity contribution in [3.63, 3.8) is 0 Å². The molecule has 2 aliphatic rings. The second kappa shape index (κ2) is 6.47. The van der Waals surface area contributed by atoms with Crippen LogP contribution in [0.3, 0.4) is 0 Å².